The van der Waals surface area contributed by atoms with Crippen molar-refractivity contribution in [2.45, 2.75) is 40.2 Å². The number of carbonyl (C=O) groups is 3. The number of benzene rings is 2. The van der Waals surface area contributed by atoms with Crippen LogP contribution in [0.15, 0.2) is 63.5 Å². The number of allylic oxidation sites excluding steroid dienone is 1. The van der Waals surface area contributed by atoms with Gasteiger partial charge in [-0.05, 0) is 44.0 Å². The van der Waals surface area contributed by atoms with Crippen LogP contribution in [0.5, 0.6) is 11.5 Å². The van der Waals surface area contributed by atoms with Gasteiger partial charge in [0.2, 0.25) is 0 Å². The second-order valence-corrected chi connectivity index (χ2v) is 10.5. The minimum atomic E-state index is -0.932. The Morgan fingerprint density at radius 3 is 2.51 bits per heavy atom. The number of esters is 2. The third-order valence-corrected chi connectivity index (χ3v) is 7.90. The Kier molecular flexibility index (Phi) is 7.63. The van der Waals surface area contributed by atoms with Gasteiger partial charge in [0.15, 0.2) is 16.3 Å². The highest BCUT2D eigenvalue weighted by molar-refractivity contribution is 7.07. The number of carbonyl (C=O) groups excluding carboxylic acids is 3. The molecule has 212 valence electrons. The maximum Gasteiger partial charge on any atom is 0.338 e. The average molecular weight is 576 g/mol. The molecule has 41 heavy (non-hydrogen) atoms. The van der Waals surface area contributed by atoms with Crippen LogP contribution < -0.4 is 29.3 Å². The van der Waals surface area contributed by atoms with Crippen molar-refractivity contribution in [1.29, 1.82) is 0 Å². The molecule has 2 aliphatic heterocycles. The van der Waals surface area contributed by atoms with Crippen molar-refractivity contribution in [3.8, 4) is 11.5 Å². The van der Waals surface area contributed by atoms with E-state index in [1.807, 2.05) is 31.2 Å². The van der Waals surface area contributed by atoms with Crippen molar-refractivity contribution in [1.82, 2.24) is 4.57 Å². The van der Waals surface area contributed by atoms with Crippen molar-refractivity contribution in [2.24, 2.45) is 4.99 Å². The molecule has 10 nitrogen and oxygen atoms in total. The summed E-state index contributed by atoms with van der Waals surface area (Å²) in [4.78, 5) is 59.4. The number of thiazole rings is 1. The lowest BCUT2D eigenvalue weighted by atomic mass is 9.95. The molecule has 0 saturated heterocycles. The minimum Gasteiger partial charge on any atom is -0.493 e. The summed E-state index contributed by atoms with van der Waals surface area (Å²) < 4.78 is 17.8. The molecule has 0 aliphatic carbocycles. The van der Waals surface area contributed by atoms with Gasteiger partial charge in [-0.2, -0.15) is 0 Å². The Bertz CT molecular complexity index is 1800. The molecule has 0 bridgehead atoms. The molecule has 1 amide bonds. The van der Waals surface area contributed by atoms with Crippen LogP contribution in [0.1, 0.15) is 51.3 Å². The molecule has 11 heteroatoms. The summed E-state index contributed by atoms with van der Waals surface area (Å²) in [7, 11) is 1.43. The molecule has 2 aliphatic rings. The van der Waals surface area contributed by atoms with E-state index in [0.717, 1.165) is 23.4 Å². The molecular formula is C30H29N3O7S. The quantitative estimate of drug-likeness (QED) is 0.314. The molecule has 0 fully saturated rings. The molecular weight excluding hydrogens is 546 g/mol. The summed E-state index contributed by atoms with van der Waals surface area (Å²) >= 11 is 1.11. The molecule has 1 atom stereocenters. The van der Waals surface area contributed by atoms with Crippen LogP contribution >= 0.6 is 11.3 Å². The predicted octanol–water partition coefficient (Wildman–Crippen LogP) is 2.86. The number of hydrogen-bond acceptors (Lipinski definition) is 9. The van der Waals surface area contributed by atoms with Gasteiger partial charge in [-0.25, -0.2) is 9.79 Å². The molecule has 3 heterocycles. The Balaban J connectivity index is 1.79. The van der Waals surface area contributed by atoms with Crippen molar-refractivity contribution in [2.75, 3.05) is 25.2 Å². The smallest absolute Gasteiger partial charge is 0.338 e. The largest absolute Gasteiger partial charge is 0.493 e. The van der Waals surface area contributed by atoms with Gasteiger partial charge >= 0.3 is 11.9 Å². The first-order chi connectivity index (χ1) is 19.7. The van der Waals surface area contributed by atoms with Crippen LogP contribution in [0.25, 0.3) is 5.57 Å². The first-order valence-corrected chi connectivity index (χ1v) is 14.0. The van der Waals surface area contributed by atoms with Crippen LogP contribution in [-0.4, -0.2) is 42.7 Å². The van der Waals surface area contributed by atoms with E-state index in [0.29, 0.717) is 33.7 Å². The topological polar surface area (TPSA) is 117 Å². The van der Waals surface area contributed by atoms with Gasteiger partial charge < -0.3 is 19.1 Å². The van der Waals surface area contributed by atoms with Crippen LogP contribution in [-0.2, 0) is 19.1 Å². The zero-order valence-corrected chi connectivity index (χ0v) is 24.2. The summed E-state index contributed by atoms with van der Waals surface area (Å²) in [5.41, 5.74) is 2.39. The van der Waals surface area contributed by atoms with E-state index >= 15 is 0 Å². The number of amides is 1. The van der Waals surface area contributed by atoms with E-state index in [1.165, 1.54) is 18.6 Å². The van der Waals surface area contributed by atoms with Gasteiger partial charge in [0.1, 0.15) is 4.53 Å². The maximum atomic E-state index is 14.3. The van der Waals surface area contributed by atoms with Gasteiger partial charge in [0.05, 0.1) is 42.3 Å². The molecule has 3 aromatic rings. The fourth-order valence-corrected chi connectivity index (χ4v) is 6.33. The molecule has 5 rings (SSSR count). The zero-order valence-electron chi connectivity index (χ0n) is 23.3. The molecule has 0 N–H and O–H groups in total. The number of anilines is 1. The Morgan fingerprint density at radius 1 is 1.07 bits per heavy atom. The molecule has 1 unspecified atom stereocenters. The van der Waals surface area contributed by atoms with E-state index in [2.05, 4.69) is 4.99 Å². The lowest BCUT2D eigenvalue weighted by Gasteiger charge is -2.25. The van der Waals surface area contributed by atoms with Crippen LogP contribution in [0.3, 0.4) is 0 Å². The predicted molar refractivity (Wildman–Crippen MR) is 153 cm³/mol. The summed E-state index contributed by atoms with van der Waals surface area (Å²) in [6.07, 6.45) is 0.752. The number of ether oxygens (including phenoxy) is 3. The molecule has 0 radical (unpaired) electrons. The number of para-hydroxylation sites is 1. The normalized spacial score (nSPS) is 17.1. The van der Waals surface area contributed by atoms with E-state index in [4.69, 9.17) is 14.2 Å². The number of aromatic nitrogens is 1. The third kappa shape index (κ3) is 4.76. The van der Waals surface area contributed by atoms with Gasteiger partial charge in [0.25, 0.3) is 11.5 Å². The molecule has 0 saturated carbocycles. The van der Waals surface area contributed by atoms with Gasteiger partial charge in [0, 0.05) is 19.0 Å². The van der Waals surface area contributed by atoms with E-state index in [1.54, 1.807) is 36.9 Å². The van der Waals surface area contributed by atoms with E-state index in [-0.39, 0.29) is 34.1 Å². The van der Waals surface area contributed by atoms with Crippen molar-refractivity contribution in [3.05, 3.63) is 84.5 Å². The van der Waals surface area contributed by atoms with Crippen LogP contribution in [0, 0.1) is 0 Å². The maximum absolute atomic E-state index is 14.3. The first kappa shape index (κ1) is 28.0. The standard InChI is InChI=1S/C30H29N3O7S/c1-6-14-32-20-11-9-8-10-19(20)24(27(32)35)26-28(36)33-25(18-12-13-21(40-17(4)34)22(15-18)38-5)23(29(37)39-7-2)16(3)31-30(33)41-26/h8-13,15,25H,6-7,14H2,1-5H3/b26-24-. The zero-order chi connectivity index (χ0) is 29.4. The number of hydrogen-bond donors (Lipinski definition) is 0. The molecule has 2 aromatic carbocycles. The highest BCUT2D eigenvalue weighted by Gasteiger charge is 2.37. The number of rotatable bonds is 7. The van der Waals surface area contributed by atoms with Crippen LogP contribution in [0.2, 0.25) is 0 Å². The number of nitrogens with zero attached hydrogens (tertiary/aromatic N) is 3. The average Bonchev–Trinajstić information content (AvgIpc) is 3.40. The minimum absolute atomic E-state index is 0.129. The number of methoxy groups -OCH3 is 1. The highest BCUT2D eigenvalue weighted by Crippen LogP contribution is 2.37. The first-order valence-electron chi connectivity index (χ1n) is 13.2. The number of fused-ring (bicyclic) bond motifs is 2. The molecule has 0 spiro atoms. The summed E-state index contributed by atoms with van der Waals surface area (Å²) in [5.74, 6) is -0.941. The lowest BCUT2D eigenvalue weighted by Crippen LogP contribution is -2.41. The van der Waals surface area contributed by atoms with Gasteiger partial charge in [-0.15, -0.1) is 0 Å². The summed E-state index contributed by atoms with van der Waals surface area (Å²) in [5, 5.41) is 0. The SMILES string of the molecule is CCCN1C(=O)/C(=c2\sc3n(c2=O)C(c2ccc(OC(C)=O)c(OC)c2)C(C(=O)OCC)=C(C)N=3)c2ccccc21. The Labute approximate surface area is 239 Å². The lowest BCUT2D eigenvalue weighted by molar-refractivity contribution is -0.139. The van der Waals surface area contributed by atoms with Crippen molar-refractivity contribution in [3.63, 3.8) is 0 Å². The van der Waals surface area contributed by atoms with Crippen LogP contribution in [0.4, 0.5) is 5.69 Å². The van der Waals surface area contributed by atoms with E-state index < -0.39 is 23.5 Å². The summed E-state index contributed by atoms with van der Waals surface area (Å²) in [6.45, 7) is 7.29. The third-order valence-electron chi connectivity index (χ3n) is 6.85. The fraction of sp³-hybridized carbons (Fsp3) is 0.300. The monoisotopic (exact) mass is 575 g/mol. The van der Waals surface area contributed by atoms with Gasteiger partial charge in [-0.1, -0.05) is 42.5 Å². The second kappa shape index (κ2) is 11.2. The Morgan fingerprint density at radius 2 is 1.83 bits per heavy atom. The van der Waals surface area contributed by atoms with Crippen molar-refractivity contribution < 1.29 is 28.6 Å². The second-order valence-electron chi connectivity index (χ2n) is 9.48. The van der Waals surface area contributed by atoms with Crippen molar-refractivity contribution >= 4 is 40.4 Å². The van der Waals surface area contributed by atoms with Gasteiger partial charge in [-0.3, -0.25) is 19.0 Å². The highest BCUT2D eigenvalue weighted by atomic mass is 32.1. The Hall–Kier alpha value is -4.51. The fourth-order valence-electron chi connectivity index (χ4n) is 5.20. The summed E-state index contributed by atoms with van der Waals surface area (Å²) in [6, 6.07) is 11.3. The molecule has 1 aromatic heterocycles. The van der Waals surface area contributed by atoms with E-state index in [9.17, 15) is 19.2 Å².